The van der Waals surface area contributed by atoms with E-state index in [4.69, 9.17) is 10.5 Å². The average molecular weight is 547 g/mol. The number of hydrogen-bond acceptors (Lipinski definition) is 5. The van der Waals surface area contributed by atoms with Crippen molar-refractivity contribution in [2.24, 2.45) is 10.7 Å². The van der Waals surface area contributed by atoms with E-state index in [1.807, 2.05) is 0 Å². The number of amides is 1. The Balaban J connectivity index is 2.10. The first-order chi connectivity index (χ1) is 17.7. The minimum absolute atomic E-state index is 0.0501. The third-order valence-corrected chi connectivity index (χ3v) is 5.98. The van der Waals surface area contributed by atoms with E-state index in [2.05, 4.69) is 4.99 Å². The average Bonchev–Trinajstić information content (AvgIpc) is 2.84. The number of nitrogens with zero attached hydrogens (tertiary/aromatic N) is 2. The molecule has 0 radical (unpaired) electrons. The molecule has 3 N–H and O–H groups in total. The number of benzene rings is 2. The van der Waals surface area contributed by atoms with Gasteiger partial charge in [-0.05, 0) is 62.1 Å². The third kappa shape index (κ3) is 7.03. The summed E-state index contributed by atoms with van der Waals surface area (Å²) in [5.41, 5.74) is 1.04. The molecule has 0 aliphatic heterocycles. The summed E-state index contributed by atoms with van der Waals surface area (Å²) in [6.45, 7) is 0. The molecule has 0 heterocycles. The number of halogens is 7. The lowest BCUT2D eigenvalue weighted by Crippen LogP contribution is -2.30. The van der Waals surface area contributed by atoms with Crippen LogP contribution in [0.25, 0.3) is 5.57 Å². The Morgan fingerprint density at radius 1 is 1.05 bits per heavy atom. The normalized spacial score (nSPS) is 19.0. The fourth-order valence-corrected chi connectivity index (χ4v) is 3.85. The lowest BCUT2D eigenvalue weighted by Gasteiger charge is -2.23. The Kier molecular flexibility index (Phi) is 8.70. The number of rotatable bonds is 5. The fraction of sp³-hybridized carbons (Fsp3) is 0.360. The molecule has 0 unspecified atom stereocenters. The van der Waals surface area contributed by atoms with Gasteiger partial charge in [0.05, 0.1) is 23.3 Å². The van der Waals surface area contributed by atoms with Crippen LogP contribution in [0.4, 0.5) is 41.2 Å². The molecule has 1 amide bonds. The first-order valence-electron chi connectivity index (χ1n) is 11.4. The topological polar surface area (TPSA) is 88.2 Å². The molecule has 1 fully saturated rings. The van der Waals surface area contributed by atoms with Crippen LogP contribution in [-0.4, -0.2) is 36.6 Å². The molecule has 0 bridgehead atoms. The molecule has 0 atom stereocenters. The van der Waals surface area contributed by atoms with E-state index in [9.17, 15) is 40.6 Å². The Morgan fingerprint density at radius 2 is 1.66 bits per heavy atom. The minimum atomic E-state index is -5.35. The van der Waals surface area contributed by atoms with Crippen LogP contribution in [0, 0.1) is 5.82 Å². The number of alkyl halides is 6. The van der Waals surface area contributed by atoms with E-state index in [1.54, 1.807) is 0 Å². The van der Waals surface area contributed by atoms with Crippen molar-refractivity contribution >= 4 is 23.6 Å². The van der Waals surface area contributed by atoms with Crippen LogP contribution in [0.1, 0.15) is 42.4 Å². The summed E-state index contributed by atoms with van der Waals surface area (Å²) in [5, 5.41) is 9.64. The monoisotopic (exact) mass is 547 g/mol. The predicted molar refractivity (Wildman–Crippen MR) is 126 cm³/mol. The van der Waals surface area contributed by atoms with Crippen LogP contribution < -0.4 is 15.4 Å². The van der Waals surface area contributed by atoms with Gasteiger partial charge in [0.25, 0.3) is 0 Å². The van der Waals surface area contributed by atoms with Crippen LogP contribution in [0.5, 0.6) is 5.75 Å². The summed E-state index contributed by atoms with van der Waals surface area (Å²) >= 11 is 0. The Labute approximate surface area is 213 Å². The van der Waals surface area contributed by atoms with Gasteiger partial charge in [-0.2, -0.15) is 26.3 Å². The zero-order valence-electron chi connectivity index (χ0n) is 20.0. The second-order valence-electron chi connectivity index (χ2n) is 8.66. The Morgan fingerprint density at radius 3 is 2.18 bits per heavy atom. The zero-order valence-corrected chi connectivity index (χ0v) is 20.0. The SMILES string of the molecule is CN(C(=O)Oc1c(/C(C=NC2CCC(O)CC2)=C/N)cc(C(F)(F)F)cc1C(F)(F)F)c1ccc(F)cc1. The van der Waals surface area contributed by atoms with Crippen molar-refractivity contribution in [3.63, 3.8) is 0 Å². The van der Waals surface area contributed by atoms with Crippen LogP contribution in [0.15, 0.2) is 47.6 Å². The van der Waals surface area contributed by atoms with Crippen molar-refractivity contribution in [1.82, 2.24) is 0 Å². The van der Waals surface area contributed by atoms with Crippen LogP contribution in [0.2, 0.25) is 0 Å². The number of aliphatic hydroxyl groups excluding tert-OH is 1. The summed E-state index contributed by atoms with van der Waals surface area (Å²) in [6, 6.07) is 4.22. The van der Waals surface area contributed by atoms with Crippen molar-refractivity contribution in [2.75, 3.05) is 11.9 Å². The van der Waals surface area contributed by atoms with Crippen LogP contribution in [-0.2, 0) is 12.4 Å². The fourth-order valence-electron chi connectivity index (χ4n) is 3.85. The van der Waals surface area contributed by atoms with E-state index < -0.39 is 52.8 Å². The molecule has 2 aromatic rings. The maximum Gasteiger partial charge on any atom is 0.420 e. The molecule has 2 aromatic carbocycles. The van der Waals surface area contributed by atoms with Gasteiger partial charge in [-0.1, -0.05) is 0 Å². The van der Waals surface area contributed by atoms with E-state index in [0.29, 0.717) is 31.7 Å². The molecule has 206 valence electrons. The van der Waals surface area contributed by atoms with Gasteiger partial charge in [0, 0.05) is 36.3 Å². The van der Waals surface area contributed by atoms with Gasteiger partial charge in [0.1, 0.15) is 5.82 Å². The third-order valence-electron chi connectivity index (χ3n) is 5.98. The highest BCUT2D eigenvalue weighted by Gasteiger charge is 2.41. The number of carbonyl (C=O) groups excluding carboxylic acids is 1. The van der Waals surface area contributed by atoms with Crippen molar-refractivity contribution in [2.45, 2.75) is 50.2 Å². The molecule has 1 aliphatic rings. The van der Waals surface area contributed by atoms with Gasteiger partial charge in [0.15, 0.2) is 5.75 Å². The molecule has 1 saturated carbocycles. The van der Waals surface area contributed by atoms with E-state index >= 15 is 0 Å². The number of ether oxygens (including phenoxy) is 1. The summed E-state index contributed by atoms with van der Waals surface area (Å²) < 4.78 is 101. The summed E-state index contributed by atoms with van der Waals surface area (Å²) in [6.07, 6.45) is -8.84. The highest BCUT2D eigenvalue weighted by atomic mass is 19.4. The number of allylic oxidation sites excluding steroid dienone is 1. The number of aliphatic hydroxyl groups is 1. The molecular formula is C25H24F7N3O3. The van der Waals surface area contributed by atoms with Gasteiger partial charge in [0.2, 0.25) is 0 Å². The quantitative estimate of drug-likeness (QED) is 0.346. The number of aliphatic imine (C=N–C) groups is 1. The lowest BCUT2D eigenvalue weighted by molar-refractivity contribution is -0.143. The van der Waals surface area contributed by atoms with Gasteiger partial charge < -0.3 is 15.6 Å². The van der Waals surface area contributed by atoms with Crippen molar-refractivity contribution in [1.29, 1.82) is 0 Å². The molecule has 13 heteroatoms. The van der Waals surface area contributed by atoms with E-state index in [-0.39, 0.29) is 23.4 Å². The summed E-state index contributed by atoms with van der Waals surface area (Å²) in [4.78, 5) is 17.8. The summed E-state index contributed by atoms with van der Waals surface area (Å²) in [5.74, 6) is -1.84. The Hall–Kier alpha value is -3.61. The molecule has 0 aromatic heterocycles. The second kappa shape index (κ2) is 11.4. The van der Waals surface area contributed by atoms with Crippen molar-refractivity contribution < 1.29 is 45.4 Å². The van der Waals surface area contributed by atoms with E-state index in [0.717, 1.165) is 48.6 Å². The van der Waals surface area contributed by atoms with Gasteiger partial charge in [-0.25, -0.2) is 9.18 Å². The van der Waals surface area contributed by atoms with Gasteiger partial charge >= 0.3 is 18.4 Å². The second-order valence-corrected chi connectivity index (χ2v) is 8.66. The highest BCUT2D eigenvalue weighted by Crippen LogP contribution is 2.44. The molecular weight excluding hydrogens is 523 g/mol. The van der Waals surface area contributed by atoms with Gasteiger partial charge in [-0.15, -0.1) is 0 Å². The molecule has 1 aliphatic carbocycles. The molecule has 3 rings (SSSR count). The first-order valence-corrected chi connectivity index (χ1v) is 11.4. The maximum atomic E-state index is 14.0. The van der Waals surface area contributed by atoms with Crippen LogP contribution in [0.3, 0.4) is 0 Å². The zero-order chi connectivity index (χ0) is 28.3. The first kappa shape index (κ1) is 29.0. The lowest BCUT2D eigenvalue weighted by atomic mass is 9.93. The number of carbonyl (C=O) groups is 1. The minimum Gasteiger partial charge on any atom is -0.409 e. The molecule has 6 nitrogen and oxygen atoms in total. The van der Waals surface area contributed by atoms with Crippen molar-refractivity contribution in [3.8, 4) is 5.75 Å². The van der Waals surface area contributed by atoms with Crippen LogP contribution >= 0.6 is 0 Å². The van der Waals surface area contributed by atoms with E-state index in [1.165, 1.54) is 0 Å². The number of nitrogens with two attached hydrogens (primary N) is 1. The van der Waals surface area contributed by atoms with Gasteiger partial charge in [-0.3, -0.25) is 9.89 Å². The smallest absolute Gasteiger partial charge is 0.409 e. The maximum absolute atomic E-state index is 14.0. The molecule has 0 spiro atoms. The molecule has 38 heavy (non-hydrogen) atoms. The predicted octanol–water partition coefficient (Wildman–Crippen LogP) is 6.17. The number of hydrogen-bond donors (Lipinski definition) is 2. The summed E-state index contributed by atoms with van der Waals surface area (Å²) in [7, 11) is 1.13. The van der Waals surface area contributed by atoms with Crippen molar-refractivity contribution in [3.05, 3.63) is 65.1 Å². The number of anilines is 1. The highest BCUT2D eigenvalue weighted by molar-refractivity contribution is 6.11. The largest absolute Gasteiger partial charge is 0.420 e. The standard InChI is InChI=1S/C25H24F7N3O3/c1-35(18-6-2-16(26)3-7-18)23(37)38-22-20(10-15(24(27,28)29)11-21(22)25(30,31)32)14(12-33)13-34-17-4-8-19(36)9-5-17/h2-3,6-7,10-13,17,19,36H,4-5,8-9,33H2,1H3/b14-12+,34-13?. The molecule has 0 saturated heterocycles. The Bertz CT molecular complexity index is 1200.